The van der Waals surface area contributed by atoms with E-state index in [1.165, 1.54) is 17.0 Å². The molecule has 1 amide bonds. The largest absolute Gasteiger partial charge is 0.479 e. The minimum Gasteiger partial charge on any atom is -0.479 e. The highest BCUT2D eigenvalue weighted by atomic mass is 19.4. The van der Waals surface area contributed by atoms with Gasteiger partial charge < -0.3 is 14.7 Å². The van der Waals surface area contributed by atoms with Crippen LogP contribution in [0.2, 0.25) is 0 Å². The molecule has 0 unspecified atom stereocenters. The van der Waals surface area contributed by atoms with Gasteiger partial charge in [-0.25, -0.2) is 4.79 Å². The van der Waals surface area contributed by atoms with E-state index in [0.717, 1.165) is 12.1 Å². The Morgan fingerprint density at radius 3 is 2.50 bits per heavy atom. The maximum absolute atomic E-state index is 12.5. The van der Waals surface area contributed by atoms with Crippen LogP contribution in [0, 0.1) is 5.92 Å². The van der Waals surface area contributed by atoms with Gasteiger partial charge in [-0.3, -0.25) is 4.79 Å². The number of carbonyl (C=O) groups is 2. The van der Waals surface area contributed by atoms with E-state index >= 15 is 0 Å². The van der Waals surface area contributed by atoms with Crippen molar-refractivity contribution in [3.05, 3.63) is 35.4 Å². The Morgan fingerprint density at radius 1 is 1.33 bits per heavy atom. The third-order valence-electron chi connectivity index (χ3n) is 3.90. The summed E-state index contributed by atoms with van der Waals surface area (Å²) in [7, 11) is 0. The molecule has 1 aliphatic heterocycles. The standard InChI is InChI=1S/C16H18F3NO4/c1-10(8-11-2-4-12(5-3-11)16(17,18)19)14(21)20-6-7-24-13(9-20)15(22)23/h2-5,10,13H,6-9H2,1H3,(H,22,23)/t10-,13-/m0/s1. The van der Waals surface area contributed by atoms with Crippen LogP contribution in [0.5, 0.6) is 0 Å². The molecule has 0 aromatic heterocycles. The van der Waals surface area contributed by atoms with Crippen molar-refractivity contribution in [2.24, 2.45) is 5.92 Å². The Kier molecular flexibility index (Phi) is 5.48. The Balaban J connectivity index is 1.97. The number of hydrogen-bond acceptors (Lipinski definition) is 3. The monoisotopic (exact) mass is 345 g/mol. The average Bonchev–Trinajstić information content (AvgIpc) is 2.53. The summed E-state index contributed by atoms with van der Waals surface area (Å²) in [5.74, 6) is -1.82. The molecule has 0 radical (unpaired) electrons. The van der Waals surface area contributed by atoms with Crippen molar-refractivity contribution in [1.82, 2.24) is 4.90 Å². The summed E-state index contributed by atoms with van der Waals surface area (Å²) in [6.07, 6.45) is -5.15. The van der Waals surface area contributed by atoms with Gasteiger partial charge in [0.2, 0.25) is 5.91 Å². The summed E-state index contributed by atoms with van der Waals surface area (Å²) in [5, 5.41) is 8.95. The number of rotatable bonds is 4. The molecule has 1 aromatic rings. The number of benzene rings is 1. The molecule has 0 saturated carbocycles. The lowest BCUT2D eigenvalue weighted by Crippen LogP contribution is -2.50. The van der Waals surface area contributed by atoms with Crippen molar-refractivity contribution in [2.45, 2.75) is 25.6 Å². The second-order valence-electron chi connectivity index (χ2n) is 5.78. The Labute approximate surface area is 137 Å². The highest BCUT2D eigenvalue weighted by molar-refractivity contribution is 5.80. The first-order valence-electron chi connectivity index (χ1n) is 7.48. The second-order valence-corrected chi connectivity index (χ2v) is 5.78. The van der Waals surface area contributed by atoms with Crippen molar-refractivity contribution >= 4 is 11.9 Å². The molecule has 0 spiro atoms. The Morgan fingerprint density at radius 2 is 1.96 bits per heavy atom. The second kappa shape index (κ2) is 7.21. The van der Waals surface area contributed by atoms with E-state index in [4.69, 9.17) is 9.84 Å². The third kappa shape index (κ3) is 4.47. The molecule has 0 bridgehead atoms. The highest BCUT2D eigenvalue weighted by Gasteiger charge is 2.32. The molecule has 2 atom stereocenters. The third-order valence-corrected chi connectivity index (χ3v) is 3.90. The van der Waals surface area contributed by atoms with Gasteiger partial charge >= 0.3 is 12.1 Å². The zero-order valence-electron chi connectivity index (χ0n) is 13.0. The summed E-state index contributed by atoms with van der Waals surface area (Å²) < 4.78 is 42.7. The predicted molar refractivity (Wildman–Crippen MR) is 78.3 cm³/mol. The van der Waals surface area contributed by atoms with E-state index in [-0.39, 0.29) is 25.5 Å². The number of amides is 1. The minimum atomic E-state index is -4.39. The van der Waals surface area contributed by atoms with E-state index in [0.29, 0.717) is 12.1 Å². The van der Waals surface area contributed by atoms with Crippen LogP contribution in [0.15, 0.2) is 24.3 Å². The van der Waals surface area contributed by atoms with Gasteiger partial charge in [-0.15, -0.1) is 0 Å². The number of carbonyl (C=O) groups excluding carboxylic acids is 1. The first-order chi connectivity index (χ1) is 11.2. The molecule has 1 N–H and O–H groups in total. The fourth-order valence-electron chi connectivity index (χ4n) is 2.58. The smallest absolute Gasteiger partial charge is 0.416 e. The predicted octanol–water partition coefficient (Wildman–Crippen LogP) is 2.20. The summed E-state index contributed by atoms with van der Waals surface area (Å²) in [6.45, 7) is 2.10. The lowest BCUT2D eigenvalue weighted by Gasteiger charge is -2.32. The van der Waals surface area contributed by atoms with Crippen LogP contribution >= 0.6 is 0 Å². The van der Waals surface area contributed by atoms with E-state index < -0.39 is 29.7 Å². The fourth-order valence-corrected chi connectivity index (χ4v) is 2.58. The molecule has 132 valence electrons. The number of halogens is 3. The van der Waals surface area contributed by atoms with Gasteiger partial charge in [0.05, 0.1) is 18.7 Å². The van der Waals surface area contributed by atoms with E-state index in [1.807, 2.05) is 0 Å². The highest BCUT2D eigenvalue weighted by Crippen LogP contribution is 2.29. The molecular weight excluding hydrogens is 327 g/mol. The molecule has 8 heteroatoms. The van der Waals surface area contributed by atoms with Crippen molar-refractivity contribution in [2.75, 3.05) is 19.7 Å². The van der Waals surface area contributed by atoms with Crippen LogP contribution in [0.3, 0.4) is 0 Å². The number of hydrogen-bond donors (Lipinski definition) is 1. The summed E-state index contributed by atoms with van der Waals surface area (Å²) in [5.41, 5.74) is -0.116. The van der Waals surface area contributed by atoms with E-state index in [1.54, 1.807) is 6.92 Å². The molecule has 1 aliphatic rings. The summed E-state index contributed by atoms with van der Waals surface area (Å²) in [4.78, 5) is 24.8. The zero-order chi connectivity index (χ0) is 17.9. The van der Waals surface area contributed by atoms with Crippen molar-refractivity contribution in [1.29, 1.82) is 0 Å². The van der Waals surface area contributed by atoms with Gasteiger partial charge in [0.15, 0.2) is 6.10 Å². The fraction of sp³-hybridized carbons (Fsp3) is 0.500. The van der Waals surface area contributed by atoms with Gasteiger partial charge in [-0.1, -0.05) is 19.1 Å². The van der Waals surface area contributed by atoms with Crippen LogP contribution in [0.25, 0.3) is 0 Å². The van der Waals surface area contributed by atoms with Gasteiger partial charge in [-0.05, 0) is 24.1 Å². The quantitative estimate of drug-likeness (QED) is 0.908. The lowest BCUT2D eigenvalue weighted by atomic mass is 9.98. The number of carboxylic acids is 1. The SMILES string of the molecule is C[C@@H](Cc1ccc(C(F)(F)F)cc1)C(=O)N1CCO[C@H](C(=O)O)C1. The summed E-state index contributed by atoms with van der Waals surface area (Å²) in [6, 6.07) is 4.68. The van der Waals surface area contributed by atoms with Crippen LogP contribution in [0.4, 0.5) is 13.2 Å². The maximum atomic E-state index is 12.5. The number of morpholine rings is 1. The molecule has 1 heterocycles. The maximum Gasteiger partial charge on any atom is 0.416 e. The topological polar surface area (TPSA) is 66.8 Å². The van der Waals surface area contributed by atoms with Gasteiger partial charge in [0, 0.05) is 12.5 Å². The number of nitrogens with zero attached hydrogens (tertiary/aromatic N) is 1. The van der Waals surface area contributed by atoms with Gasteiger partial charge in [0.1, 0.15) is 0 Å². The molecule has 2 rings (SSSR count). The minimum absolute atomic E-state index is 0.0223. The van der Waals surface area contributed by atoms with Crippen molar-refractivity contribution < 1.29 is 32.6 Å². The Bertz CT molecular complexity index is 600. The van der Waals surface area contributed by atoms with Crippen molar-refractivity contribution in [3.63, 3.8) is 0 Å². The number of alkyl halides is 3. The molecule has 1 fully saturated rings. The van der Waals surface area contributed by atoms with E-state index in [2.05, 4.69) is 0 Å². The molecular formula is C16H18F3NO4. The Hall–Kier alpha value is -2.09. The van der Waals surface area contributed by atoms with Crippen LogP contribution in [0.1, 0.15) is 18.1 Å². The summed E-state index contributed by atoms with van der Waals surface area (Å²) >= 11 is 0. The molecule has 1 aromatic carbocycles. The van der Waals surface area contributed by atoms with Crippen LogP contribution in [-0.2, 0) is 26.9 Å². The number of aliphatic carboxylic acids is 1. The first-order valence-corrected chi connectivity index (χ1v) is 7.48. The average molecular weight is 345 g/mol. The van der Waals surface area contributed by atoms with Gasteiger partial charge in [-0.2, -0.15) is 13.2 Å². The zero-order valence-corrected chi connectivity index (χ0v) is 13.0. The number of ether oxygens (including phenoxy) is 1. The molecule has 0 aliphatic carbocycles. The van der Waals surface area contributed by atoms with E-state index in [9.17, 15) is 22.8 Å². The van der Waals surface area contributed by atoms with Crippen molar-refractivity contribution in [3.8, 4) is 0 Å². The van der Waals surface area contributed by atoms with Crippen LogP contribution in [-0.4, -0.2) is 47.7 Å². The number of carboxylic acid groups (broad SMARTS) is 1. The normalized spacial score (nSPS) is 19.8. The first kappa shape index (κ1) is 18.3. The molecule has 5 nitrogen and oxygen atoms in total. The van der Waals surface area contributed by atoms with Gasteiger partial charge in [0.25, 0.3) is 0 Å². The van der Waals surface area contributed by atoms with Crippen LogP contribution < -0.4 is 0 Å². The molecule has 1 saturated heterocycles. The molecule has 24 heavy (non-hydrogen) atoms. The lowest BCUT2D eigenvalue weighted by molar-refractivity contribution is -0.160.